The Bertz CT molecular complexity index is 1070. The monoisotopic (exact) mass is 444 g/mol. The summed E-state index contributed by atoms with van der Waals surface area (Å²) in [5.74, 6) is 1.30. The zero-order chi connectivity index (χ0) is 21.1. The number of rotatable bonds is 4. The summed E-state index contributed by atoms with van der Waals surface area (Å²) in [6, 6.07) is 13.1. The second kappa shape index (κ2) is 9.06. The van der Waals surface area contributed by atoms with Crippen LogP contribution >= 0.6 is 23.2 Å². The maximum absolute atomic E-state index is 12.2. The van der Waals surface area contributed by atoms with Crippen LogP contribution in [0.3, 0.4) is 0 Å². The van der Waals surface area contributed by atoms with Crippen LogP contribution in [0.2, 0.25) is 10.0 Å². The molecule has 0 atom stereocenters. The van der Waals surface area contributed by atoms with Gasteiger partial charge in [-0.15, -0.1) is 0 Å². The van der Waals surface area contributed by atoms with Crippen molar-refractivity contribution in [1.82, 2.24) is 14.9 Å². The average molecular weight is 445 g/mol. The van der Waals surface area contributed by atoms with Crippen LogP contribution in [0.25, 0.3) is 22.3 Å². The second-order valence-corrected chi connectivity index (χ2v) is 7.89. The van der Waals surface area contributed by atoms with Crippen molar-refractivity contribution in [3.63, 3.8) is 0 Å². The molecule has 1 amide bonds. The van der Waals surface area contributed by atoms with Crippen molar-refractivity contribution >= 4 is 46.0 Å². The third-order valence-electron chi connectivity index (χ3n) is 5.04. The van der Waals surface area contributed by atoms with Gasteiger partial charge in [0.05, 0.1) is 27.6 Å². The van der Waals surface area contributed by atoms with Gasteiger partial charge in [0.25, 0.3) is 0 Å². The van der Waals surface area contributed by atoms with E-state index in [-0.39, 0.29) is 6.09 Å². The normalized spacial score (nSPS) is 14.2. The number of fused-ring (bicyclic) bond motifs is 1. The molecule has 1 fully saturated rings. The van der Waals surface area contributed by atoms with Crippen LogP contribution in [0.4, 0.5) is 10.6 Å². The first-order valence-corrected chi connectivity index (χ1v) is 10.7. The summed E-state index contributed by atoms with van der Waals surface area (Å²) in [7, 11) is 0. The van der Waals surface area contributed by atoms with Crippen molar-refractivity contribution in [1.29, 1.82) is 0 Å². The molecule has 0 saturated carbocycles. The van der Waals surface area contributed by atoms with Crippen LogP contribution in [0.5, 0.6) is 0 Å². The molecule has 1 aromatic heterocycles. The van der Waals surface area contributed by atoms with E-state index in [2.05, 4.69) is 4.90 Å². The Kier molecular flexibility index (Phi) is 6.25. The number of amides is 1. The maximum atomic E-state index is 12.2. The van der Waals surface area contributed by atoms with Gasteiger partial charge in [-0.1, -0.05) is 48.3 Å². The number of hydrogen-bond donors (Lipinski definition) is 0. The summed E-state index contributed by atoms with van der Waals surface area (Å²) in [4.78, 5) is 25.6. The minimum Gasteiger partial charge on any atom is -0.449 e. The Morgan fingerprint density at radius 3 is 2.47 bits per heavy atom. The fraction of sp³-hybridized carbons (Fsp3) is 0.318. The predicted octanol–water partition coefficient (Wildman–Crippen LogP) is 5.27. The van der Waals surface area contributed by atoms with Crippen molar-refractivity contribution in [2.45, 2.75) is 13.3 Å². The zero-order valence-corrected chi connectivity index (χ0v) is 18.2. The van der Waals surface area contributed by atoms with E-state index in [0.29, 0.717) is 48.7 Å². The van der Waals surface area contributed by atoms with Gasteiger partial charge < -0.3 is 14.5 Å². The predicted molar refractivity (Wildman–Crippen MR) is 120 cm³/mol. The van der Waals surface area contributed by atoms with Gasteiger partial charge in [0.15, 0.2) is 5.82 Å². The summed E-state index contributed by atoms with van der Waals surface area (Å²) < 4.78 is 5.26. The molecule has 0 radical (unpaired) electrons. The molecule has 0 bridgehead atoms. The zero-order valence-electron chi connectivity index (χ0n) is 16.6. The first kappa shape index (κ1) is 20.7. The molecule has 6 nitrogen and oxygen atoms in total. The number of piperazine rings is 1. The topological polar surface area (TPSA) is 58.6 Å². The lowest BCUT2D eigenvalue weighted by atomic mass is 10.1. The van der Waals surface area contributed by atoms with Crippen molar-refractivity contribution in [3.8, 4) is 11.4 Å². The van der Waals surface area contributed by atoms with E-state index in [0.717, 1.165) is 28.7 Å². The second-order valence-electron chi connectivity index (χ2n) is 7.07. The molecule has 8 heteroatoms. The van der Waals surface area contributed by atoms with Gasteiger partial charge >= 0.3 is 6.09 Å². The van der Waals surface area contributed by atoms with E-state index < -0.39 is 0 Å². The van der Waals surface area contributed by atoms with E-state index in [9.17, 15) is 4.79 Å². The molecule has 4 rings (SSSR count). The number of aromatic nitrogens is 2. The molecule has 3 aromatic rings. The Labute approximate surface area is 185 Å². The molecule has 0 aliphatic carbocycles. The number of anilines is 1. The number of halogens is 2. The molecular weight excluding hydrogens is 423 g/mol. The van der Waals surface area contributed by atoms with E-state index >= 15 is 0 Å². The van der Waals surface area contributed by atoms with Gasteiger partial charge in [0.1, 0.15) is 5.82 Å². The Morgan fingerprint density at radius 1 is 1.00 bits per heavy atom. The standard InChI is InChI=1S/C22H22Cl2N4O2/c1-2-14-30-22(29)28-12-10-27(11-13-28)21-19-17(24)8-5-9-18(19)25-20(26-21)15-6-3-4-7-16(15)23/h3-9H,2,10-14H2,1H3. The third-order valence-corrected chi connectivity index (χ3v) is 5.68. The number of ether oxygens (including phenoxy) is 1. The Balaban J connectivity index is 1.68. The maximum Gasteiger partial charge on any atom is 0.409 e. The first-order valence-electron chi connectivity index (χ1n) is 9.96. The van der Waals surface area contributed by atoms with Crippen molar-refractivity contribution in [3.05, 3.63) is 52.5 Å². The van der Waals surface area contributed by atoms with E-state index in [1.54, 1.807) is 4.90 Å². The molecule has 0 unspecified atom stereocenters. The highest BCUT2D eigenvalue weighted by atomic mass is 35.5. The lowest BCUT2D eigenvalue weighted by Crippen LogP contribution is -2.49. The van der Waals surface area contributed by atoms with Gasteiger partial charge in [-0.25, -0.2) is 14.8 Å². The van der Waals surface area contributed by atoms with Gasteiger partial charge in [0, 0.05) is 31.7 Å². The minimum atomic E-state index is -0.265. The van der Waals surface area contributed by atoms with Gasteiger partial charge in [-0.05, 0) is 30.7 Å². The van der Waals surface area contributed by atoms with Crippen LogP contribution < -0.4 is 4.90 Å². The van der Waals surface area contributed by atoms with Crippen LogP contribution in [0.15, 0.2) is 42.5 Å². The molecule has 1 saturated heterocycles. The van der Waals surface area contributed by atoms with E-state index in [1.807, 2.05) is 49.4 Å². The van der Waals surface area contributed by atoms with Crippen LogP contribution in [0, 0.1) is 0 Å². The third kappa shape index (κ3) is 4.16. The van der Waals surface area contributed by atoms with Crippen LogP contribution in [0.1, 0.15) is 13.3 Å². The Morgan fingerprint density at radius 2 is 1.73 bits per heavy atom. The SMILES string of the molecule is CCCOC(=O)N1CCN(c2nc(-c3ccccc3Cl)nc3cccc(Cl)c23)CC1. The summed E-state index contributed by atoms with van der Waals surface area (Å²) >= 11 is 12.9. The fourth-order valence-electron chi connectivity index (χ4n) is 3.50. The van der Waals surface area contributed by atoms with Crippen molar-refractivity contribution < 1.29 is 9.53 Å². The van der Waals surface area contributed by atoms with Crippen LogP contribution in [-0.2, 0) is 4.74 Å². The number of carbonyl (C=O) groups excluding carboxylic acids is 1. The van der Waals surface area contributed by atoms with E-state index in [1.165, 1.54) is 0 Å². The van der Waals surface area contributed by atoms with Gasteiger partial charge in [-0.3, -0.25) is 0 Å². The van der Waals surface area contributed by atoms with Gasteiger partial charge in [-0.2, -0.15) is 0 Å². The molecule has 156 valence electrons. The summed E-state index contributed by atoms with van der Waals surface area (Å²) in [6.07, 6.45) is 0.543. The molecule has 0 spiro atoms. The number of hydrogen-bond acceptors (Lipinski definition) is 5. The summed E-state index contributed by atoms with van der Waals surface area (Å²) in [5.41, 5.74) is 1.52. The Hall–Kier alpha value is -2.57. The molecule has 1 aliphatic heterocycles. The smallest absolute Gasteiger partial charge is 0.409 e. The summed E-state index contributed by atoms with van der Waals surface area (Å²) in [6.45, 7) is 4.78. The summed E-state index contributed by atoms with van der Waals surface area (Å²) in [5, 5.41) is 1.99. The minimum absolute atomic E-state index is 0.265. The molecule has 1 aliphatic rings. The molecular formula is C22H22Cl2N4O2. The molecule has 2 heterocycles. The van der Waals surface area contributed by atoms with E-state index in [4.69, 9.17) is 37.9 Å². The van der Waals surface area contributed by atoms with Crippen molar-refractivity contribution in [2.24, 2.45) is 0 Å². The highest BCUT2D eigenvalue weighted by molar-refractivity contribution is 6.36. The highest BCUT2D eigenvalue weighted by Gasteiger charge is 2.25. The van der Waals surface area contributed by atoms with Crippen molar-refractivity contribution in [2.75, 3.05) is 37.7 Å². The number of carbonyl (C=O) groups is 1. The lowest BCUT2D eigenvalue weighted by Gasteiger charge is -2.35. The molecule has 2 aromatic carbocycles. The lowest BCUT2D eigenvalue weighted by molar-refractivity contribution is 0.100. The quantitative estimate of drug-likeness (QED) is 0.548. The average Bonchev–Trinajstić information content (AvgIpc) is 2.77. The molecule has 0 N–H and O–H groups in total. The largest absolute Gasteiger partial charge is 0.449 e. The highest BCUT2D eigenvalue weighted by Crippen LogP contribution is 2.34. The first-order chi connectivity index (χ1) is 14.6. The van der Waals surface area contributed by atoms with Crippen LogP contribution in [-0.4, -0.2) is 53.7 Å². The fourth-order valence-corrected chi connectivity index (χ4v) is 3.97. The van der Waals surface area contributed by atoms with Gasteiger partial charge in [0.2, 0.25) is 0 Å². The number of nitrogens with zero attached hydrogens (tertiary/aromatic N) is 4. The molecule has 30 heavy (non-hydrogen) atoms. The number of benzene rings is 2.